The summed E-state index contributed by atoms with van der Waals surface area (Å²) in [6.45, 7) is -1.38. The number of carbonyl (C=O) groups excluding carboxylic acids is 2. The number of phosphoric acid groups is 1. The zero-order chi connectivity index (χ0) is 29.4. The molecule has 0 aliphatic heterocycles. The molecule has 0 aliphatic carbocycles. The lowest BCUT2D eigenvalue weighted by Gasteiger charge is -2.29. The first-order valence-corrected chi connectivity index (χ1v) is 13.5. The van der Waals surface area contributed by atoms with E-state index in [9.17, 15) is 28.0 Å². The number of phosphoric ester groups is 1. The summed E-state index contributed by atoms with van der Waals surface area (Å²) < 4.78 is 47.7. The Bertz CT molecular complexity index is 1410. The molecule has 2 atom stereocenters. The standard InChI is InChI=1S/C24H26ClF2N4O8P/c1-31(23(33)29-11-15-3-2-4-20(27)22(15)25)18(9-19(32)13-39-40(35,36)37)12-38-24(34)30-21-8-16-7-17(26)6-5-14(16)10-28-21/h2-8,10,18-19,32H,9,11-13H2,1H3,(H,29,33)(H,28,30,34)(H2,35,36,37)/t18-,19?/m0/s1. The molecule has 1 aromatic heterocycles. The topological polar surface area (TPSA) is 171 Å². The summed E-state index contributed by atoms with van der Waals surface area (Å²) in [4.78, 5) is 48.1. The lowest BCUT2D eigenvalue weighted by atomic mass is 10.1. The molecule has 5 N–H and O–H groups in total. The summed E-state index contributed by atoms with van der Waals surface area (Å²) in [6.07, 6.45) is -1.33. The smallest absolute Gasteiger partial charge is 0.447 e. The molecule has 2 aromatic carbocycles. The number of likely N-dealkylation sites (N-methyl/N-ethyl adjacent to an activating group) is 1. The van der Waals surface area contributed by atoms with Gasteiger partial charge in [0.05, 0.1) is 23.8 Å². The number of urea groups is 1. The van der Waals surface area contributed by atoms with Crippen molar-refractivity contribution in [2.24, 2.45) is 0 Å². The SMILES string of the molecule is CN(C(=O)NCc1cccc(F)c1Cl)[C@H](COC(=O)Nc1cc2cc(F)ccc2cn1)CC(O)COP(=O)(O)O. The first kappa shape index (κ1) is 31.1. The lowest BCUT2D eigenvalue weighted by Crippen LogP contribution is -2.47. The summed E-state index contributed by atoms with van der Waals surface area (Å²) in [5.41, 5.74) is 0.299. The number of carbonyl (C=O) groups is 2. The van der Waals surface area contributed by atoms with Crippen molar-refractivity contribution in [3.63, 3.8) is 0 Å². The van der Waals surface area contributed by atoms with Crippen molar-refractivity contribution in [3.05, 3.63) is 70.9 Å². The molecular weight excluding hydrogens is 577 g/mol. The molecule has 0 saturated heterocycles. The third-order valence-corrected chi connectivity index (χ3v) is 6.54. The molecular formula is C24H26ClF2N4O8P. The van der Waals surface area contributed by atoms with E-state index in [1.165, 1.54) is 49.6 Å². The van der Waals surface area contributed by atoms with E-state index in [2.05, 4.69) is 20.1 Å². The number of anilines is 1. The van der Waals surface area contributed by atoms with Crippen LogP contribution in [0.2, 0.25) is 5.02 Å². The molecule has 3 rings (SSSR count). The molecule has 0 radical (unpaired) electrons. The highest BCUT2D eigenvalue weighted by molar-refractivity contribution is 7.46. The van der Waals surface area contributed by atoms with E-state index in [4.69, 9.17) is 26.1 Å². The molecule has 16 heteroatoms. The molecule has 1 heterocycles. The van der Waals surface area contributed by atoms with Crippen LogP contribution in [0.5, 0.6) is 0 Å². The van der Waals surface area contributed by atoms with Crippen LogP contribution in [0.4, 0.5) is 24.2 Å². The first-order valence-electron chi connectivity index (χ1n) is 11.6. The van der Waals surface area contributed by atoms with Crippen LogP contribution in [0.1, 0.15) is 12.0 Å². The van der Waals surface area contributed by atoms with Gasteiger partial charge >= 0.3 is 19.9 Å². The Morgan fingerprint density at radius 1 is 1.15 bits per heavy atom. The average Bonchev–Trinajstić information content (AvgIpc) is 2.89. The second kappa shape index (κ2) is 13.8. The maximum Gasteiger partial charge on any atom is 0.469 e. The number of benzene rings is 2. The van der Waals surface area contributed by atoms with Gasteiger partial charge in [0.15, 0.2) is 0 Å². The Hall–Kier alpha value is -3.39. The van der Waals surface area contributed by atoms with Crippen molar-refractivity contribution in [2.75, 3.05) is 25.6 Å². The quantitative estimate of drug-likeness (QED) is 0.205. The maximum atomic E-state index is 13.7. The molecule has 12 nitrogen and oxygen atoms in total. The van der Waals surface area contributed by atoms with Crippen LogP contribution in [0.25, 0.3) is 10.8 Å². The molecule has 0 bridgehead atoms. The van der Waals surface area contributed by atoms with E-state index in [-0.39, 0.29) is 23.8 Å². The Labute approximate surface area is 232 Å². The van der Waals surface area contributed by atoms with Gasteiger partial charge in [0.2, 0.25) is 0 Å². The molecule has 0 aliphatic rings. The highest BCUT2D eigenvalue weighted by Crippen LogP contribution is 2.36. The zero-order valence-electron chi connectivity index (χ0n) is 21.0. The Morgan fingerprint density at radius 2 is 1.90 bits per heavy atom. The lowest BCUT2D eigenvalue weighted by molar-refractivity contribution is 0.0452. The number of aliphatic hydroxyl groups excluding tert-OH is 1. The highest BCUT2D eigenvalue weighted by Gasteiger charge is 2.27. The van der Waals surface area contributed by atoms with Crippen molar-refractivity contribution in [2.45, 2.75) is 25.1 Å². The van der Waals surface area contributed by atoms with E-state index in [1.807, 2.05) is 0 Å². The van der Waals surface area contributed by atoms with Gasteiger partial charge in [-0.1, -0.05) is 23.7 Å². The number of ether oxygens (including phenoxy) is 1. The number of aliphatic hydroxyl groups is 1. The van der Waals surface area contributed by atoms with Gasteiger partial charge in [-0.15, -0.1) is 0 Å². The number of halogens is 3. The summed E-state index contributed by atoms with van der Waals surface area (Å²) in [5, 5.41) is 16.1. The number of nitrogens with one attached hydrogen (secondary N) is 2. The van der Waals surface area contributed by atoms with E-state index in [1.54, 1.807) is 0 Å². The van der Waals surface area contributed by atoms with Crippen molar-refractivity contribution < 1.29 is 47.1 Å². The number of hydrogen-bond acceptors (Lipinski definition) is 7. The van der Waals surface area contributed by atoms with Crippen molar-refractivity contribution in [1.82, 2.24) is 15.2 Å². The summed E-state index contributed by atoms with van der Waals surface area (Å²) in [7, 11) is -3.55. The third kappa shape index (κ3) is 9.37. The molecule has 1 unspecified atom stereocenters. The minimum Gasteiger partial charge on any atom is -0.447 e. The van der Waals surface area contributed by atoms with E-state index in [0.29, 0.717) is 16.3 Å². The Kier molecular flexibility index (Phi) is 10.7. The molecule has 3 amide bonds. The number of hydrogen-bond donors (Lipinski definition) is 5. The van der Waals surface area contributed by atoms with Crippen LogP contribution in [-0.2, 0) is 20.4 Å². The molecule has 0 saturated carbocycles. The van der Waals surface area contributed by atoms with Gasteiger partial charge in [-0.05, 0) is 47.7 Å². The minimum atomic E-state index is -4.87. The third-order valence-electron chi connectivity index (χ3n) is 5.63. The van der Waals surface area contributed by atoms with Gasteiger partial charge in [-0.25, -0.2) is 27.9 Å². The molecule has 0 spiro atoms. The molecule has 3 aromatic rings. The number of rotatable bonds is 11. The van der Waals surface area contributed by atoms with Crippen LogP contribution in [0.3, 0.4) is 0 Å². The van der Waals surface area contributed by atoms with Crippen molar-refractivity contribution in [3.8, 4) is 0 Å². The normalized spacial score (nSPS) is 13.0. The fourth-order valence-corrected chi connectivity index (χ4v) is 4.10. The van der Waals surface area contributed by atoms with Gasteiger partial charge in [0.1, 0.15) is 24.1 Å². The van der Waals surface area contributed by atoms with Gasteiger partial charge in [-0.3, -0.25) is 9.84 Å². The Balaban J connectivity index is 1.65. The summed E-state index contributed by atoms with van der Waals surface area (Å²) in [5.74, 6) is -1.08. The largest absolute Gasteiger partial charge is 0.469 e. The van der Waals surface area contributed by atoms with Crippen LogP contribution in [-0.4, -0.2) is 69.3 Å². The number of aromatic nitrogens is 1. The maximum absolute atomic E-state index is 13.7. The summed E-state index contributed by atoms with van der Waals surface area (Å²) in [6, 6.07) is 7.84. The van der Waals surface area contributed by atoms with Crippen LogP contribution in [0.15, 0.2) is 48.7 Å². The van der Waals surface area contributed by atoms with Gasteiger partial charge < -0.3 is 29.8 Å². The highest BCUT2D eigenvalue weighted by atomic mass is 35.5. The van der Waals surface area contributed by atoms with Crippen LogP contribution in [0, 0.1) is 11.6 Å². The Morgan fingerprint density at radius 3 is 2.62 bits per heavy atom. The van der Waals surface area contributed by atoms with E-state index >= 15 is 0 Å². The van der Waals surface area contributed by atoms with E-state index < -0.39 is 56.9 Å². The summed E-state index contributed by atoms with van der Waals surface area (Å²) >= 11 is 5.91. The van der Waals surface area contributed by atoms with Gasteiger partial charge in [0, 0.05) is 25.2 Å². The number of nitrogens with zero attached hydrogens (tertiary/aromatic N) is 2. The van der Waals surface area contributed by atoms with Crippen LogP contribution >= 0.6 is 19.4 Å². The van der Waals surface area contributed by atoms with Crippen molar-refractivity contribution in [1.29, 1.82) is 0 Å². The van der Waals surface area contributed by atoms with Crippen LogP contribution < -0.4 is 10.6 Å². The predicted octanol–water partition coefficient (Wildman–Crippen LogP) is 3.79. The monoisotopic (exact) mass is 602 g/mol. The molecule has 40 heavy (non-hydrogen) atoms. The average molecular weight is 603 g/mol. The zero-order valence-corrected chi connectivity index (χ0v) is 22.6. The number of amides is 3. The van der Waals surface area contributed by atoms with E-state index in [0.717, 1.165) is 11.0 Å². The predicted molar refractivity (Wildman–Crippen MR) is 140 cm³/mol. The fraction of sp³-hybridized carbons (Fsp3) is 0.292. The fourth-order valence-electron chi connectivity index (χ4n) is 3.54. The molecule has 0 fully saturated rings. The second-order valence-electron chi connectivity index (χ2n) is 8.60. The van der Waals surface area contributed by atoms with Gasteiger partial charge in [0.25, 0.3) is 0 Å². The van der Waals surface area contributed by atoms with Gasteiger partial charge in [-0.2, -0.15) is 0 Å². The second-order valence-corrected chi connectivity index (χ2v) is 10.2. The minimum absolute atomic E-state index is 0.0628. The number of fused-ring (bicyclic) bond motifs is 1. The first-order chi connectivity index (χ1) is 18.8. The number of pyridine rings is 1. The van der Waals surface area contributed by atoms with Crippen molar-refractivity contribution >= 4 is 48.1 Å². The molecule has 216 valence electrons.